The van der Waals surface area contributed by atoms with E-state index in [9.17, 15) is 4.79 Å². The number of aryl methyl sites for hydroxylation is 2. The number of pyridine rings is 1. The SMILES string of the molecule is O=c1c2c(N3CCC4(CC3)CNC4)cccc2cnn1CCc1cn2ccccc2n1. The van der Waals surface area contributed by atoms with Crippen LogP contribution in [0.1, 0.15) is 18.5 Å². The Morgan fingerprint density at radius 2 is 1.94 bits per heavy atom. The zero-order chi connectivity index (χ0) is 20.8. The van der Waals surface area contributed by atoms with Crippen LogP contribution in [0.25, 0.3) is 16.4 Å². The molecule has 158 valence electrons. The van der Waals surface area contributed by atoms with Crippen molar-refractivity contribution in [2.75, 3.05) is 31.1 Å². The monoisotopic (exact) mass is 414 g/mol. The Labute approximate surface area is 180 Å². The van der Waals surface area contributed by atoms with Gasteiger partial charge >= 0.3 is 0 Å². The summed E-state index contributed by atoms with van der Waals surface area (Å²) in [5.74, 6) is 0. The first-order valence-electron chi connectivity index (χ1n) is 11.1. The van der Waals surface area contributed by atoms with Gasteiger partial charge in [-0.15, -0.1) is 0 Å². The van der Waals surface area contributed by atoms with Gasteiger partial charge in [0.05, 0.1) is 29.5 Å². The molecule has 2 aliphatic heterocycles. The molecular weight excluding hydrogens is 388 g/mol. The molecule has 0 aliphatic carbocycles. The van der Waals surface area contributed by atoms with E-state index in [1.54, 1.807) is 4.68 Å². The molecule has 0 unspecified atom stereocenters. The molecule has 0 amide bonds. The maximum absolute atomic E-state index is 13.4. The Bertz CT molecular complexity index is 1280. The molecule has 0 bridgehead atoms. The zero-order valence-corrected chi connectivity index (χ0v) is 17.5. The van der Waals surface area contributed by atoms with Crippen molar-refractivity contribution in [1.29, 1.82) is 0 Å². The number of hydrogen-bond donors (Lipinski definition) is 1. The van der Waals surface area contributed by atoms with Gasteiger partial charge in [0.1, 0.15) is 5.65 Å². The first-order chi connectivity index (χ1) is 15.2. The lowest BCUT2D eigenvalue weighted by atomic mass is 9.73. The molecule has 0 radical (unpaired) electrons. The van der Waals surface area contributed by atoms with E-state index in [1.807, 2.05) is 53.3 Å². The van der Waals surface area contributed by atoms with Crippen molar-refractivity contribution < 1.29 is 0 Å². The number of hydrogen-bond acceptors (Lipinski definition) is 5. The molecule has 0 saturated carbocycles. The number of imidazole rings is 1. The van der Waals surface area contributed by atoms with Gasteiger partial charge in [0.2, 0.25) is 0 Å². The highest BCUT2D eigenvalue weighted by Crippen LogP contribution is 2.37. The summed E-state index contributed by atoms with van der Waals surface area (Å²) in [7, 11) is 0. The molecule has 1 N–H and O–H groups in total. The largest absolute Gasteiger partial charge is 0.371 e. The lowest BCUT2D eigenvalue weighted by Crippen LogP contribution is -2.58. The average Bonchev–Trinajstić information content (AvgIpc) is 3.20. The van der Waals surface area contributed by atoms with Crippen LogP contribution in [-0.2, 0) is 13.0 Å². The van der Waals surface area contributed by atoms with E-state index in [0.717, 1.165) is 54.0 Å². The van der Waals surface area contributed by atoms with Crippen molar-refractivity contribution in [3.05, 3.63) is 71.0 Å². The van der Waals surface area contributed by atoms with Crippen LogP contribution in [0, 0.1) is 5.41 Å². The van der Waals surface area contributed by atoms with E-state index in [1.165, 1.54) is 12.8 Å². The van der Waals surface area contributed by atoms with Crippen molar-refractivity contribution in [1.82, 2.24) is 24.5 Å². The molecule has 2 fully saturated rings. The highest BCUT2D eigenvalue weighted by Gasteiger charge is 2.39. The summed E-state index contributed by atoms with van der Waals surface area (Å²) < 4.78 is 3.60. The minimum absolute atomic E-state index is 0.0116. The van der Waals surface area contributed by atoms with Crippen molar-refractivity contribution in [2.45, 2.75) is 25.8 Å². The van der Waals surface area contributed by atoms with Gasteiger partial charge in [-0.05, 0) is 36.5 Å². The van der Waals surface area contributed by atoms with E-state index < -0.39 is 0 Å². The lowest BCUT2D eigenvalue weighted by Gasteiger charge is -2.49. The molecule has 7 heteroatoms. The van der Waals surface area contributed by atoms with E-state index >= 15 is 0 Å². The van der Waals surface area contributed by atoms with Crippen LogP contribution < -0.4 is 15.8 Å². The lowest BCUT2D eigenvalue weighted by molar-refractivity contribution is 0.126. The molecule has 0 atom stereocenters. The summed E-state index contributed by atoms with van der Waals surface area (Å²) in [6.07, 6.45) is 8.87. The fraction of sp³-hybridized carbons (Fsp3) is 0.375. The van der Waals surface area contributed by atoms with Crippen LogP contribution in [0.5, 0.6) is 0 Å². The van der Waals surface area contributed by atoms with Gasteiger partial charge in [-0.2, -0.15) is 5.10 Å². The Morgan fingerprint density at radius 1 is 1.06 bits per heavy atom. The van der Waals surface area contributed by atoms with E-state index in [-0.39, 0.29) is 5.56 Å². The van der Waals surface area contributed by atoms with Crippen LogP contribution in [0.3, 0.4) is 0 Å². The van der Waals surface area contributed by atoms with E-state index in [0.29, 0.717) is 18.4 Å². The molecule has 5 heterocycles. The predicted molar refractivity (Wildman–Crippen MR) is 122 cm³/mol. The maximum Gasteiger partial charge on any atom is 0.276 e. The van der Waals surface area contributed by atoms with Crippen molar-refractivity contribution in [2.24, 2.45) is 5.41 Å². The first kappa shape index (κ1) is 18.6. The topological polar surface area (TPSA) is 67.5 Å². The van der Waals surface area contributed by atoms with Crippen molar-refractivity contribution in [3.8, 4) is 0 Å². The minimum Gasteiger partial charge on any atom is -0.371 e. The third kappa shape index (κ3) is 3.20. The molecule has 31 heavy (non-hydrogen) atoms. The molecular formula is C24H26N6O. The van der Waals surface area contributed by atoms with Crippen LogP contribution in [0.4, 0.5) is 5.69 Å². The predicted octanol–water partition coefficient (Wildman–Crippen LogP) is 2.48. The number of piperidine rings is 1. The van der Waals surface area contributed by atoms with Gasteiger partial charge in [0.15, 0.2) is 0 Å². The number of aromatic nitrogens is 4. The molecule has 3 aromatic heterocycles. The third-order valence-corrected chi connectivity index (χ3v) is 7.02. The zero-order valence-electron chi connectivity index (χ0n) is 17.5. The Morgan fingerprint density at radius 3 is 2.71 bits per heavy atom. The van der Waals surface area contributed by atoms with Crippen molar-refractivity contribution in [3.63, 3.8) is 0 Å². The van der Waals surface area contributed by atoms with Gasteiger partial charge in [-0.1, -0.05) is 18.2 Å². The van der Waals surface area contributed by atoms with Gasteiger partial charge in [-0.3, -0.25) is 4.79 Å². The molecule has 6 rings (SSSR count). The number of fused-ring (bicyclic) bond motifs is 2. The van der Waals surface area contributed by atoms with Gasteiger partial charge < -0.3 is 14.6 Å². The quantitative estimate of drug-likeness (QED) is 0.556. The molecule has 2 aliphatic rings. The number of rotatable bonds is 4. The molecule has 1 spiro atoms. The summed E-state index contributed by atoms with van der Waals surface area (Å²) in [6.45, 7) is 4.79. The molecule has 1 aromatic carbocycles. The van der Waals surface area contributed by atoms with Gasteiger partial charge in [0, 0.05) is 50.4 Å². The summed E-state index contributed by atoms with van der Waals surface area (Å²) in [5, 5.41) is 9.57. The third-order valence-electron chi connectivity index (χ3n) is 7.02. The fourth-order valence-corrected chi connectivity index (χ4v) is 5.02. The second-order valence-electron chi connectivity index (χ2n) is 8.95. The first-order valence-corrected chi connectivity index (χ1v) is 11.1. The summed E-state index contributed by atoms with van der Waals surface area (Å²) in [4.78, 5) is 20.5. The highest BCUT2D eigenvalue weighted by atomic mass is 16.1. The number of nitrogens with one attached hydrogen (secondary N) is 1. The Hall–Kier alpha value is -3.19. The second-order valence-corrected chi connectivity index (χ2v) is 8.95. The molecule has 2 saturated heterocycles. The minimum atomic E-state index is -0.0116. The Balaban J connectivity index is 1.28. The van der Waals surface area contributed by atoms with Crippen LogP contribution in [0.2, 0.25) is 0 Å². The van der Waals surface area contributed by atoms with Crippen LogP contribution >= 0.6 is 0 Å². The highest BCUT2D eigenvalue weighted by molar-refractivity contribution is 5.93. The normalized spacial score (nSPS) is 18.0. The Kier molecular flexibility index (Phi) is 4.31. The van der Waals surface area contributed by atoms with Crippen LogP contribution in [0.15, 0.2) is 59.8 Å². The molecule has 4 aromatic rings. The smallest absolute Gasteiger partial charge is 0.276 e. The summed E-state index contributed by atoms with van der Waals surface area (Å²) >= 11 is 0. The van der Waals surface area contributed by atoms with Crippen molar-refractivity contribution >= 4 is 22.1 Å². The standard InChI is InChI=1S/C24H26N6O/c31-23-22-18(4-3-5-20(22)28-12-8-24(9-13-28)16-25-17-24)14-26-30(23)11-7-19-15-29-10-2-1-6-21(29)27-19/h1-6,10,14-15,25H,7-9,11-13,16-17H2. The fourth-order valence-electron chi connectivity index (χ4n) is 5.02. The van der Waals surface area contributed by atoms with E-state index in [4.69, 9.17) is 0 Å². The number of anilines is 1. The summed E-state index contributed by atoms with van der Waals surface area (Å²) in [6, 6.07) is 12.1. The number of benzene rings is 1. The average molecular weight is 415 g/mol. The maximum atomic E-state index is 13.4. The van der Waals surface area contributed by atoms with Gasteiger partial charge in [0.25, 0.3) is 5.56 Å². The molecule has 7 nitrogen and oxygen atoms in total. The second kappa shape index (κ2) is 7.20. The van der Waals surface area contributed by atoms with E-state index in [2.05, 4.69) is 26.4 Å². The van der Waals surface area contributed by atoms with Gasteiger partial charge in [-0.25, -0.2) is 9.67 Å². The summed E-state index contributed by atoms with van der Waals surface area (Å²) in [5.41, 5.74) is 3.40. The number of nitrogens with zero attached hydrogens (tertiary/aromatic N) is 5. The van der Waals surface area contributed by atoms with Crippen LogP contribution in [-0.4, -0.2) is 45.3 Å².